The fraction of sp³-hybridized carbons (Fsp3) is 0.400. The van der Waals surface area contributed by atoms with E-state index in [0.29, 0.717) is 0 Å². The van der Waals surface area contributed by atoms with Gasteiger partial charge in [0.2, 0.25) is 0 Å². The fourth-order valence-electron chi connectivity index (χ4n) is 2.47. The van der Waals surface area contributed by atoms with Gasteiger partial charge >= 0.3 is 0 Å². The van der Waals surface area contributed by atoms with Crippen LogP contribution >= 0.6 is 0 Å². The van der Waals surface area contributed by atoms with Crippen LogP contribution in [0.1, 0.15) is 24.2 Å². The topological polar surface area (TPSA) is 34.0 Å². The normalized spacial score (nSPS) is 13.2. The molecule has 0 radical (unpaired) electrons. The zero-order valence-electron chi connectivity index (χ0n) is 11.4. The standard InChI is InChI=1S/C15H20N2O/c1-10(2)14(16-3)15(18)12-9-17(4)13-8-6-5-7-11(12)13/h5-10,14,16H,1-4H3. The van der Waals surface area contributed by atoms with Crippen LogP contribution in [-0.2, 0) is 7.05 Å². The Bertz CT molecular complexity index is 569. The number of Topliss-reactive ketones (excluding diaryl/α,β-unsaturated/α-hetero) is 1. The van der Waals surface area contributed by atoms with E-state index < -0.39 is 0 Å². The molecule has 18 heavy (non-hydrogen) atoms. The molecule has 1 N–H and O–H groups in total. The van der Waals surface area contributed by atoms with Crippen LogP contribution in [0, 0.1) is 5.92 Å². The molecule has 1 unspecified atom stereocenters. The predicted molar refractivity (Wildman–Crippen MR) is 74.9 cm³/mol. The molecule has 0 aliphatic carbocycles. The van der Waals surface area contributed by atoms with Crippen molar-refractivity contribution < 1.29 is 4.79 Å². The second kappa shape index (κ2) is 4.94. The largest absolute Gasteiger partial charge is 0.350 e. The molecule has 0 amide bonds. The number of hydrogen-bond donors (Lipinski definition) is 1. The number of nitrogens with zero attached hydrogens (tertiary/aromatic N) is 1. The summed E-state index contributed by atoms with van der Waals surface area (Å²) in [5, 5.41) is 4.15. The zero-order valence-corrected chi connectivity index (χ0v) is 11.4. The number of fused-ring (bicyclic) bond motifs is 1. The van der Waals surface area contributed by atoms with E-state index in [1.54, 1.807) is 0 Å². The van der Waals surface area contributed by atoms with Gasteiger partial charge in [-0.15, -0.1) is 0 Å². The highest BCUT2D eigenvalue weighted by Gasteiger charge is 2.24. The molecule has 1 atom stereocenters. The van der Waals surface area contributed by atoms with Crippen LogP contribution in [0.2, 0.25) is 0 Å². The molecule has 1 aromatic carbocycles. The van der Waals surface area contributed by atoms with E-state index in [1.807, 2.05) is 49.1 Å². The third-order valence-electron chi connectivity index (χ3n) is 3.42. The number of carbonyl (C=O) groups excluding carboxylic acids is 1. The average molecular weight is 244 g/mol. The Morgan fingerprint density at radius 1 is 1.28 bits per heavy atom. The van der Waals surface area contributed by atoms with Crippen LogP contribution in [0.3, 0.4) is 0 Å². The van der Waals surface area contributed by atoms with Gasteiger partial charge in [0, 0.05) is 29.7 Å². The van der Waals surface area contributed by atoms with Crippen molar-refractivity contribution in [2.75, 3.05) is 7.05 Å². The minimum Gasteiger partial charge on any atom is -0.350 e. The maximum atomic E-state index is 12.6. The lowest BCUT2D eigenvalue weighted by atomic mass is 9.95. The number of nitrogens with one attached hydrogen (secondary N) is 1. The number of para-hydroxylation sites is 1. The van der Waals surface area contributed by atoms with Gasteiger partial charge < -0.3 is 9.88 Å². The summed E-state index contributed by atoms with van der Waals surface area (Å²) in [7, 11) is 3.82. The smallest absolute Gasteiger partial charge is 0.182 e. The maximum absolute atomic E-state index is 12.6. The Morgan fingerprint density at radius 2 is 1.94 bits per heavy atom. The second-order valence-corrected chi connectivity index (χ2v) is 5.05. The molecule has 0 fully saturated rings. The van der Waals surface area contributed by atoms with E-state index in [9.17, 15) is 4.79 Å². The molecule has 0 bridgehead atoms. The highest BCUT2D eigenvalue weighted by Crippen LogP contribution is 2.22. The van der Waals surface area contributed by atoms with Crippen molar-refractivity contribution in [3.8, 4) is 0 Å². The highest BCUT2D eigenvalue weighted by atomic mass is 16.1. The van der Waals surface area contributed by atoms with Gasteiger partial charge in [-0.1, -0.05) is 32.0 Å². The van der Waals surface area contributed by atoms with Crippen molar-refractivity contribution >= 4 is 16.7 Å². The Kier molecular flexibility index (Phi) is 3.53. The van der Waals surface area contributed by atoms with Gasteiger partial charge in [-0.3, -0.25) is 4.79 Å². The van der Waals surface area contributed by atoms with Crippen LogP contribution in [-0.4, -0.2) is 23.4 Å². The minimum atomic E-state index is -0.129. The molecule has 1 aromatic heterocycles. The number of carbonyl (C=O) groups is 1. The number of benzene rings is 1. The number of aromatic nitrogens is 1. The molecule has 3 nitrogen and oxygen atoms in total. The molecular formula is C15H20N2O. The first-order valence-electron chi connectivity index (χ1n) is 6.31. The van der Waals surface area contributed by atoms with Crippen LogP contribution in [0.5, 0.6) is 0 Å². The van der Waals surface area contributed by atoms with Crippen molar-refractivity contribution in [1.82, 2.24) is 9.88 Å². The molecule has 0 aliphatic heterocycles. The number of ketones is 1. The minimum absolute atomic E-state index is 0.129. The van der Waals surface area contributed by atoms with Crippen molar-refractivity contribution in [1.29, 1.82) is 0 Å². The summed E-state index contributed by atoms with van der Waals surface area (Å²) in [5.41, 5.74) is 1.90. The summed E-state index contributed by atoms with van der Waals surface area (Å²) in [4.78, 5) is 12.6. The third-order valence-corrected chi connectivity index (χ3v) is 3.42. The van der Waals surface area contributed by atoms with Crippen molar-refractivity contribution in [2.45, 2.75) is 19.9 Å². The van der Waals surface area contributed by atoms with Gasteiger partial charge in [0.05, 0.1) is 6.04 Å². The number of likely N-dealkylation sites (N-methyl/N-ethyl adjacent to an activating group) is 1. The second-order valence-electron chi connectivity index (χ2n) is 5.05. The summed E-state index contributed by atoms with van der Waals surface area (Å²) < 4.78 is 2.01. The molecule has 1 heterocycles. The van der Waals surface area contributed by atoms with Crippen molar-refractivity contribution in [3.63, 3.8) is 0 Å². The van der Waals surface area contributed by atoms with Crippen molar-refractivity contribution in [2.24, 2.45) is 13.0 Å². The molecule has 0 spiro atoms. The average Bonchev–Trinajstić information content (AvgIpc) is 2.68. The molecule has 0 saturated heterocycles. The first kappa shape index (κ1) is 12.8. The van der Waals surface area contributed by atoms with E-state index in [-0.39, 0.29) is 17.7 Å². The maximum Gasteiger partial charge on any atom is 0.182 e. The summed E-state index contributed by atoms with van der Waals surface area (Å²) in [6.45, 7) is 4.12. The van der Waals surface area contributed by atoms with Gasteiger partial charge in [-0.25, -0.2) is 0 Å². The van der Waals surface area contributed by atoms with Gasteiger partial charge in [-0.2, -0.15) is 0 Å². The molecule has 0 saturated carbocycles. The van der Waals surface area contributed by atoms with E-state index in [2.05, 4.69) is 19.2 Å². The monoisotopic (exact) mass is 244 g/mol. The zero-order chi connectivity index (χ0) is 13.3. The molecule has 2 rings (SSSR count). The molecular weight excluding hydrogens is 224 g/mol. The number of aryl methyl sites for hydroxylation is 1. The van der Waals surface area contributed by atoms with E-state index >= 15 is 0 Å². The predicted octanol–water partition coefficient (Wildman–Crippen LogP) is 2.61. The summed E-state index contributed by atoms with van der Waals surface area (Å²) in [6, 6.07) is 7.89. The molecule has 3 heteroatoms. The lowest BCUT2D eigenvalue weighted by Crippen LogP contribution is -2.38. The lowest BCUT2D eigenvalue weighted by molar-refractivity contribution is 0.0924. The highest BCUT2D eigenvalue weighted by molar-refractivity contribution is 6.10. The first-order chi connectivity index (χ1) is 8.56. The van der Waals surface area contributed by atoms with E-state index in [0.717, 1.165) is 16.5 Å². The summed E-state index contributed by atoms with van der Waals surface area (Å²) in [6.07, 6.45) is 1.93. The van der Waals surface area contributed by atoms with Gasteiger partial charge in [0.15, 0.2) is 5.78 Å². The molecule has 0 aliphatic rings. The van der Waals surface area contributed by atoms with Crippen LogP contribution in [0.15, 0.2) is 30.5 Å². The van der Waals surface area contributed by atoms with E-state index in [1.165, 1.54) is 0 Å². The summed E-state index contributed by atoms with van der Waals surface area (Å²) in [5.74, 6) is 0.450. The Labute approximate surface area is 108 Å². The Morgan fingerprint density at radius 3 is 2.56 bits per heavy atom. The van der Waals surface area contributed by atoms with Crippen LogP contribution < -0.4 is 5.32 Å². The van der Waals surface area contributed by atoms with E-state index in [4.69, 9.17) is 0 Å². The molecule has 2 aromatic rings. The van der Waals surface area contributed by atoms with Crippen LogP contribution in [0.25, 0.3) is 10.9 Å². The van der Waals surface area contributed by atoms with Crippen LogP contribution in [0.4, 0.5) is 0 Å². The molecule has 96 valence electrons. The first-order valence-corrected chi connectivity index (χ1v) is 6.31. The Balaban J connectivity index is 2.51. The fourth-order valence-corrected chi connectivity index (χ4v) is 2.47. The Hall–Kier alpha value is -1.61. The lowest BCUT2D eigenvalue weighted by Gasteiger charge is -2.18. The number of hydrogen-bond acceptors (Lipinski definition) is 2. The quantitative estimate of drug-likeness (QED) is 0.839. The van der Waals surface area contributed by atoms with Gasteiger partial charge in [-0.05, 0) is 19.0 Å². The SMILES string of the molecule is CNC(C(=O)c1cn(C)c2ccccc12)C(C)C. The number of rotatable bonds is 4. The summed E-state index contributed by atoms with van der Waals surface area (Å²) >= 11 is 0. The third kappa shape index (κ3) is 2.06. The van der Waals surface area contributed by atoms with Crippen molar-refractivity contribution in [3.05, 3.63) is 36.0 Å². The van der Waals surface area contributed by atoms with Gasteiger partial charge in [0.1, 0.15) is 0 Å². The van der Waals surface area contributed by atoms with Gasteiger partial charge in [0.25, 0.3) is 0 Å².